The Morgan fingerprint density at radius 1 is 1.22 bits per heavy atom. The number of aromatic nitrogens is 1. The van der Waals surface area contributed by atoms with Gasteiger partial charge in [-0.3, -0.25) is 4.79 Å². The third-order valence-corrected chi connectivity index (χ3v) is 7.80. The second-order valence-corrected chi connectivity index (χ2v) is 9.66. The van der Waals surface area contributed by atoms with E-state index in [1.54, 1.807) is 6.07 Å². The minimum atomic E-state index is -0.259. The molecule has 0 spiro atoms. The zero-order chi connectivity index (χ0) is 18.8. The Labute approximate surface area is 160 Å². The number of aromatic amines is 1. The van der Waals surface area contributed by atoms with E-state index < -0.39 is 0 Å². The third-order valence-electron chi connectivity index (χ3n) is 7.80. The molecule has 144 valence electrons. The smallest absolute Gasteiger partial charge is 0.224 e. The number of hydrogen-bond acceptors (Lipinski definition) is 1. The highest BCUT2D eigenvalue weighted by Crippen LogP contribution is 2.61. The summed E-state index contributed by atoms with van der Waals surface area (Å²) in [4.78, 5) is 16.2. The monoisotopic (exact) mass is 368 g/mol. The molecule has 4 heteroatoms. The second-order valence-electron chi connectivity index (χ2n) is 9.66. The summed E-state index contributed by atoms with van der Waals surface area (Å²) in [5.74, 6) is 2.45. The fourth-order valence-corrected chi connectivity index (χ4v) is 6.90. The van der Waals surface area contributed by atoms with E-state index in [-0.39, 0.29) is 17.8 Å². The molecular formula is C23H29FN2O. The first-order valence-electron chi connectivity index (χ1n) is 10.5. The molecule has 0 unspecified atom stereocenters. The highest BCUT2D eigenvalue weighted by Gasteiger charge is 2.53. The Morgan fingerprint density at radius 2 is 1.85 bits per heavy atom. The summed E-state index contributed by atoms with van der Waals surface area (Å²) in [5.41, 5.74) is 3.07. The lowest BCUT2D eigenvalue weighted by Gasteiger charge is -2.59. The summed E-state index contributed by atoms with van der Waals surface area (Å²) in [6.45, 7) is 4.18. The fraction of sp³-hybridized carbons (Fsp3) is 0.609. The largest absolute Gasteiger partial charge is 0.358 e. The van der Waals surface area contributed by atoms with Crippen molar-refractivity contribution in [2.75, 3.05) is 0 Å². The normalized spacial score (nSPS) is 32.8. The van der Waals surface area contributed by atoms with Crippen LogP contribution in [0, 0.1) is 35.9 Å². The number of nitrogens with one attached hydrogen (secondary N) is 2. The van der Waals surface area contributed by atoms with E-state index in [0.29, 0.717) is 11.8 Å². The number of carbonyl (C=O) groups is 1. The van der Waals surface area contributed by atoms with Crippen LogP contribution < -0.4 is 5.32 Å². The van der Waals surface area contributed by atoms with Crippen LogP contribution in [0.5, 0.6) is 0 Å². The van der Waals surface area contributed by atoms with Crippen LogP contribution in [0.15, 0.2) is 18.2 Å². The Hall–Kier alpha value is -1.84. The van der Waals surface area contributed by atoms with Crippen molar-refractivity contribution in [2.24, 2.45) is 23.2 Å². The van der Waals surface area contributed by atoms with E-state index in [1.807, 2.05) is 6.92 Å². The van der Waals surface area contributed by atoms with Crippen molar-refractivity contribution < 1.29 is 9.18 Å². The maximum atomic E-state index is 13.7. The van der Waals surface area contributed by atoms with Crippen LogP contribution in [0.1, 0.15) is 56.7 Å². The van der Waals surface area contributed by atoms with Gasteiger partial charge in [0.15, 0.2) is 0 Å². The van der Waals surface area contributed by atoms with Gasteiger partial charge in [0.05, 0.1) is 6.42 Å². The molecule has 1 amide bonds. The molecule has 2 N–H and O–H groups in total. The Kier molecular flexibility index (Phi) is 3.89. The first-order chi connectivity index (χ1) is 12.9. The van der Waals surface area contributed by atoms with Gasteiger partial charge in [0, 0.05) is 22.6 Å². The Balaban J connectivity index is 1.33. The standard InChI is InChI=1S/C23H29FN2O/c1-13-19(20-8-18(24)3-4-21(20)25-13)9-22(27)26-14(2)23-10-15-5-16(11-23)7-17(6-15)12-23/h3-4,8,14-17,25H,5-7,9-12H2,1-2H3,(H,26,27)/t14-,15?,16?,17?,23?/m0/s1. The number of fused-ring (bicyclic) bond motifs is 1. The zero-order valence-corrected chi connectivity index (χ0v) is 16.3. The summed E-state index contributed by atoms with van der Waals surface area (Å²) in [5, 5.41) is 4.16. The molecule has 1 aromatic carbocycles. The molecule has 0 saturated heterocycles. The van der Waals surface area contributed by atoms with Gasteiger partial charge in [0.2, 0.25) is 5.91 Å². The molecule has 4 saturated carbocycles. The molecule has 1 atom stereocenters. The molecule has 4 aliphatic carbocycles. The lowest BCUT2D eigenvalue weighted by atomic mass is 9.48. The second kappa shape index (κ2) is 6.08. The highest BCUT2D eigenvalue weighted by molar-refractivity contribution is 5.90. The van der Waals surface area contributed by atoms with Crippen LogP contribution in [-0.4, -0.2) is 16.9 Å². The van der Waals surface area contributed by atoms with Gasteiger partial charge < -0.3 is 10.3 Å². The maximum absolute atomic E-state index is 13.7. The number of H-pyrrole nitrogens is 1. The van der Waals surface area contributed by atoms with E-state index in [0.717, 1.165) is 39.9 Å². The Bertz CT molecular complexity index is 864. The molecule has 2 aromatic rings. The molecule has 4 aliphatic rings. The van der Waals surface area contributed by atoms with Crippen molar-refractivity contribution in [3.05, 3.63) is 35.3 Å². The lowest BCUT2D eigenvalue weighted by molar-refractivity contribution is -0.125. The predicted octanol–water partition coefficient (Wildman–Crippen LogP) is 4.88. The Morgan fingerprint density at radius 3 is 2.48 bits per heavy atom. The summed E-state index contributed by atoms with van der Waals surface area (Å²) in [6.07, 6.45) is 8.43. The van der Waals surface area contributed by atoms with Gasteiger partial charge in [-0.1, -0.05) is 0 Å². The van der Waals surface area contributed by atoms with Crippen molar-refractivity contribution in [1.82, 2.24) is 10.3 Å². The number of halogens is 1. The molecule has 4 bridgehead atoms. The maximum Gasteiger partial charge on any atom is 0.224 e. The van der Waals surface area contributed by atoms with Crippen molar-refractivity contribution in [2.45, 2.75) is 64.8 Å². The highest BCUT2D eigenvalue weighted by atomic mass is 19.1. The topological polar surface area (TPSA) is 44.9 Å². The lowest BCUT2D eigenvalue weighted by Crippen LogP contribution is -2.56. The number of benzene rings is 1. The minimum Gasteiger partial charge on any atom is -0.358 e. The third kappa shape index (κ3) is 2.88. The van der Waals surface area contributed by atoms with E-state index in [1.165, 1.54) is 50.7 Å². The quantitative estimate of drug-likeness (QED) is 0.794. The summed E-state index contributed by atoms with van der Waals surface area (Å²) >= 11 is 0. The fourth-order valence-electron chi connectivity index (χ4n) is 6.90. The van der Waals surface area contributed by atoms with Crippen LogP contribution in [0.25, 0.3) is 10.9 Å². The van der Waals surface area contributed by atoms with Gasteiger partial charge in [-0.15, -0.1) is 0 Å². The van der Waals surface area contributed by atoms with Crippen LogP contribution in [0.3, 0.4) is 0 Å². The SMILES string of the molecule is Cc1[nH]c2ccc(F)cc2c1CC(=O)N[C@@H](C)C12CC3CC(CC(C3)C1)C2. The molecule has 27 heavy (non-hydrogen) atoms. The van der Waals surface area contributed by atoms with E-state index >= 15 is 0 Å². The summed E-state index contributed by atoms with van der Waals surface area (Å²) in [6, 6.07) is 4.96. The molecular weight excluding hydrogens is 339 g/mol. The van der Waals surface area contributed by atoms with Crippen molar-refractivity contribution in [3.8, 4) is 0 Å². The van der Waals surface area contributed by atoms with Gasteiger partial charge >= 0.3 is 0 Å². The van der Waals surface area contributed by atoms with Crippen LogP contribution >= 0.6 is 0 Å². The minimum absolute atomic E-state index is 0.0616. The van der Waals surface area contributed by atoms with Crippen LogP contribution in [0.2, 0.25) is 0 Å². The molecule has 3 nitrogen and oxygen atoms in total. The van der Waals surface area contributed by atoms with Gasteiger partial charge in [0.25, 0.3) is 0 Å². The van der Waals surface area contributed by atoms with Crippen LogP contribution in [-0.2, 0) is 11.2 Å². The summed E-state index contributed by atoms with van der Waals surface area (Å²) in [7, 11) is 0. The van der Waals surface area contributed by atoms with E-state index in [9.17, 15) is 9.18 Å². The number of carbonyl (C=O) groups excluding carboxylic acids is 1. The summed E-state index contributed by atoms with van der Waals surface area (Å²) < 4.78 is 13.7. The molecule has 4 fully saturated rings. The molecule has 1 aromatic heterocycles. The number of amides is 1. The average molecular weight is 368 g/mol. The molecule has 6 rings (SSSR count). The average Bonchev–Trinajstić information content (AvgIpc) is 2.89. The van der Waals surface area contributed by atoms with Crippen molar-refractivity contribution in [3.63, 3.8) is 0 Å². The van der Waals surface area contributed by atoms with Crippen LogP contribution in [0.4, 0.5) is 4.39 Å². The van der Waals surface area contributed by atoms with Gasteiger partial charge in [0.1, 0.15) is 5.82 Å². The van der Waals surface area contributed by atoms with Crippen molar-refractivity contribution in [1.29, 1.82) is 0 Å². The number of aryl methyl sites for hydroxylation is 1. The molecule has 1 heterocycles. The first-order valence-corrected chi connectivity index (χ1v) is 10.5. The first kappa shape index (κ1) is 17.3. The van der Waals surface area contributed by atoms with Gasteiger partial charge in [-0.05, 0) is 99.3 Å². The number of hydrogen-bond donors (Lipinski definition) is 2. The van der Waals surface area contributed by atoms with E-state index in [4.69, 9.17) is 0 Å². The van der Waals surface area contributed by atoms with Gasteiger partial charge in [-0.2, -0.15) is 0 Å². The predicted molar refractivity (Wildman–Crippen MR) is 105 cm³/mol. The van der Waals surface area contributed by atoms with Crippen molar-refractivity contribution >= 4 is 16.8 Å². The number of rotatable bonds is 4. The molecule has 0 radical (unpaired) electrons. The van der Waals surface area contributed by atoms with Gasteiger partial charge in [-0.25, -0.2) is 4.39 Å². The van der Waals surface area contributed by atoms with E-state index in [2.05, 4.69) is 17.2 Å². The zero-order valence-electron chi connectivity index (χ0n) is 16.3. The molecule has 0 aliphatic heterocycles.